The lowest BCUT2D eigenvalue weighted by atomic mass is 9.98. The Morgan fingerprint density at radius 3 is 2.54 bits per heavy atom. The second-order valence-corrected chi connectivity index (χ2v) is 6.78. The molecule has 0 saturated heterocycles. The lowest BCUT2D eigenvalue weighted by Gasteiger charge is -2.18. The number of nitrogens with zero attached hydrogens (tertiary/aromatic N) is 2. The Morgan fingerprint density at radius 2 is 1.89 bits per heavy atom. The molecule has 1 amide bonds. The molecule has 0 N–H and O–H groups in total. The number of aromatic nitrogens is 1. The zero-order chi connectivity index (χ0) is 19.9. The highest BCUT2D eigenvalue weighted by Crippen LogP contribution is 2.36. The molecule has 1 saturated carbocycles. The second-order valence-electron chi connectivity index (χ2n) is 6.78. The first-order valence-electron chi connectivity index (χ1n) is 8.83. The lowest BCUT2D eigenvalue weighted by molar-refractivity contribution is -0.274. The van der Waals surface area contributed by atoms with Crippen LogP contribution in [0, 0.1) is 5.92 Å². The molecule has 1 atom stereocenters. The zero-order valence-corrected chi connectivity index (χ0v) is 14.6. The van der Waals surface area contributed by atoms with Crippen molar-refractivity contribution in [2.45, 2.75) is 31.7 Å². The van der Waals surface area contributed by atoms with E-state index in [4.69, 9.17) is 0 Å². The van der Waals surface area contributed by atoms with Gasteiger partial charge in [-0.25, -0.2) is 4.79 Å². The minimum absolute atomic E-state index is 0.127. The molecule has 0 bridgehead atoms. The van der Waals surface area contributed by atoms with Gasteiger partial charge < -0.3 is 4.74 Å². The molecule has 2 heterocycles. The number of alkyl halides is 3. The van der Waals surface area contributed by atoms with Gasteiger partial charge in [0.15, 0.2) is 11.8 Å². The number of carbonyl (C=O) groups is 2. The van der Waals surface area contributed by atoms with E-state index in [9.17, 15) is 22.8 Å². The fourth-order valence-corrected chi connectivity index (χ4v) is 3.33. The summed E-state index contributed by atoms with van der Waals surface area (Å²) in [5, 5.41) is 0.743. The van der Waals surface area contributed by atoms with E-state index in [1.54, 1.807) is 18.2 Å². The van der Waals surface area contributed by atoms with Crippen molar-refractivity contribution < 1.29 is 27.5 Å². The summed E-state index contributed by atoms with van der Waals surface area (Å²) in [7, 11) is 0. The van der Waals surface area contributed by atoms with Gasteiger partial charge in [-0.1, -0.05) is 18.2 Å². The number of fused-ring (bicyclic) bond motifs is 1. The number of pyridine rings is 1. The maximum Gasteiger partial charge on any atom is 0.573 e. The summed E-state index contributed by atoms with van der Waals surface area (Å²) >= 11 is 0. The van der Waals surface area contributed by atoms with Crippen LogP contribution < -0.4 is 20.0 Å². The van der Waals surface area contributed by atoms with Gasteiger partial charge in [0.25, 0.3) is 0 Å². The van der Waals surface area contributed by atoms with Gasteiger partial charge in [-0.2, -0.15) is 4.58 Å². The lowest BCUT2D eigenvalue weighted by Crippen LogP contribution is -2.51. The number of hydrogen-bond acceptors (Lipinski definition) is 4. The number of halogens is 3. The first kappa shape index (κ1) is 18.3. The molecule has 1 unspecified atom stereocenters. The number of Topliss-reactive ketones (excluding diaryl/α,β-unsaturated/α-hetero) is 1. The Balaban J connectivity index is 1.82. The Labute approximate surface area is 157 Å². The molecule has 144 valence electrons. The van der Waals surface area contributed by atoms with Crippen LogP contribution in [0.25, 0.3) is 6.08 Å². The maximum atomic E-state index is 13.0. The fourth-order valence-electron chi connectivity index (χ4n) is 3.33. The third-order valence-corrected chi connectivity index (χ3v) is 4.75. The zero-order valence-electron chi connectivity index (χ0n) is 14.6. The Morgan fingerprint density at radius 1 is 1.18 bits per heavy atom. The molecule has 0 spiro atoms. The molecule has 8 heteroatoms. The normalized spacial score (nSPS) is 17.5. The first-order chi connectivity index (χ1) is 13.3. The van der Waals surface area contributed by atoms with Gasteiger partial charge >= 0.3 is 17.8 Å². The standard InChI is InChI=1S/C20H16F3N2O3/c21-20(22,23)28-15-8-5-12(6-9-15)17(18(27)13-3-4-13)25-16(26)10-7-14-2-1-11-24-19(14)25/h1-2,5-9,11,13,17H,3-4,10H2/q+1. The molecule has 2 aromatic rings. The van der Waals surface area contributed by atoms with E-state index in [0.717, 1.165) is 30.2 Å². The van der Waals surface area contributed by atoms with Crippen LogP contribution in [0.5, 0.6) is 5.75 Å². The van der Waals surface area contributed by atoms with Crippen LogP contribution in [0.4, 0.5) is 13.2 Å². The van der Waals surface area contributed by atoms with Crippen molar-refractivity contribution in [2.24, 2.45) is 5.92 Å². The Hall–Kier alpha value is -3.03. The van der Waals surface area contributed by atoms with Crippen molar-refractivity contribution in [3.8, 4) is 5.75 Å². The predicted octanol–water partition coefficient (Wildman–Crippen LogP) is 1.90. The molecule has 0 radical (unpaired) electrons. The summed E-state index contributed by atoms with van der Waals surface area (Å²) in [5.74, 6) is -0.940. The quantitative estimate of drug-likeness (QED) is 0.733. The van der Waals surface area contributed by atoms with Crippen LogP contribution >= 0.6 is 0 Å². The number of rotatable bonds is 5. The van der Waals surface area contributed by atoms with Crippen LogP contribution in [0.2, 0.25) is 0 Å². The van der Waals surface area contributed by atoms with Gasteiger partial charge in [-0.05, 0) is 42.1 Å². The number of benzene rings is 1. The molecule has 28 heavy (non-hydrogen) atoms. The van der Waals surface area contributed by atoms with E-state index in [1.807, 2.05) is 0 Å². The van der Waals surface area contributed by atoms with Gasteiger partial charge in [0, 0.05) is 11.5 Å². The summed E-state index contributed by atoms with van der Waals surface area (Å²) in [6, 6.07) is 7.69. The highest BCUT2D eigenvalue weighted by atomic mass is 19.4. The molecule has 1 aliphatic carbocycles. The SMILES string of the molecule is O=C(C1CC1)C(c1ccc(OC(F)(F)F)cc1)[N+]1=c2ncccc2=CCC1=O. The molecule has 5 nitrogen and oxygen atoms in total. The van der Waals surface area contributed by atoms with Gasteiger partial charge in [0.1, 0.15) is 11.9 Å². The van der Waals surface area contributed by atoms with Crippen LogP contribution in [-0.2, 0) is 9.59 Å². The molecule has 1 aromatic heterocycles. The summed E-state index contributed by atoms with van der Waals surface area (Å²) in [6.07, 6.45) is 0.105. The number of ketones is 1. The van der Waals surface area contributed by atoms with Gasteiger partial charge in [-0.3, -0.25) is 4.79 Å². The third kappa shape index (κ3) is 3.67. The molecule has 1 fully saturated rings. The van der Waals surface area contributed by atoms with Crippen LogP contribution in [0.1, 0.15) is 30.9 Å². The first-order valence-corrected chi connectivity index (χ1v) is 8.83. The Bertz CT molecular complexity index is 1060. The van der Waals surface area contributed by atoms with E-state index in [1.165, 1.54) is 22.9 Å². The fraction of sp³-hybridized carbons (Fsp3) is 0.300. The van der Waals surface area contributed by atoms with Crippen LogP contribution in [0.15, 0.2) is 42.6 Å². The number of hydrogen-bond donors (Lipinski definition) is 0. The maximum absolute atomic E-state index is 13.0. The molecule has 1 aromatic carbocycles. The van der Waals surface area contributed by atoms with Crippen molar-refractivity contribution in [3.63, 3.8) is 0 Å². The summed E-state index contributed by atoms with van der Waals surface area (Å²) in [6.45, 7) is 0. The van der Waals surface area contributed by atoms with Crippen molar-refractivity contribution in [2.75, 3.05) is 0 Å². The predicted molar refractivity (Wildman–Crippen MR) is 92.4 cm³/mol. The number of amides is 1. The summed E-state index contributed by atoms with van der Waals surface area (Å²) < 4.78 is 42.5. The molecule has 1 aliphatic heterocycles. The average molecular weight is 389 g/mol. The third-order valence-electron chi connectivity index (χ3n) is 4.75. The largest absolute Gasteiger partial charge is 0.573 e. The summed E-state index contributed by atoms with van der Waals surface area (Å²) in [5.41, 5.74) is 0.812. The topological polar surface area (TPSA) is 59.3 Å². The minimum atomic E-state index is -4.80. The van der Waals surface area contributed by atoms with E-state index in [2.05, 4.69) is 9.72 Å². The second kappa shape index (κ2) is 6.85. The van der Waals surface area contributed by atoms with Crippen molar-refractivity contribution in [1.29, 1.82) is 0 Å². The highest BCUT2D eigenvalue weighted by molar-refractivity contribution is 5.95. The van der Waals surface area contributed by atoms with Crippen molar-refractivity contribution >= 4 is 17.8 Å². The molecular formula is C20H16F3N2O3+. The van der Waals surface area contributed by atoms with E-state index in [0.29, 0.717) is 11.1 Å². The highest BCUT2D eigenvalue weighted by Gasteiger charge is 2.42. The van der Waals surface area contributed by atoms with Gasteiger partial charge in [-0.15, -0.1) is 13.2 Å². The van der Waals surface area contributed by atoms with Crippen molar-refractivity contribution in [3.05, 3.63) is 58.9 Å². The monoisotopic (exact) mass is 389 g/mol. The molecule has 4 rings (SSSR count). The van der Waals surface area contributed by atoms with E-state index >= 15 is 0 Å². The van der Waals surface area contributed by atoms with Crippen LogP contribution in [0.3, 0.4) is 0 Å². The van der Waals surface area contributed by atoms with E-state index in [-0.39, 0.29) is 29.8 Å². The average Bonchev–Trinajstić information content (AvgIpc) is 3.49. The Kier molecular flexibility index (Phi) is 4.49. The number of carbonyl (C=O) groups excluding carboxylic acids is 2. The van der Waals surface area contributed by atoms with Crippen molar-refractivity contribution in [1.82, 2.24) is 9.56 Å². The molecular weight excluding hydrogens is 373 g/mol. The van der Waals surface area contributed by atoms with Gasteiger partial charge in [0.05, 0.1) is 11.6 Å². The van der Waals surface area contributed by atoms with E-state index < -0.39 is 12.4 Å². The summed E-state index contributed by atoms with van der Waals surface area (Å²) in [4.78, 5) is 30.0. The van der Waals surface area contributed by atoms with Gasteiger partial charge in [0.2, 0.25) is 0 Å². The van der Waals surface area contributed by atoms with Crippen LogP contribution in [-0.4, -0.2) is 23.0 Å². The number of ether oxygens (including phenoxy) is 1. The minimum Gasteiger partial charge on any atom is -0.406 e. The smallest absolute Gasteiger partial charge is 0.406 e. The molecule has 2 aliphatic rings.